The van der Waals surface area contributed by atoms with Crippen molar-refractivity contribution in [3.8, 4) is 11.1 Å². The SMILES string of the molecule is CC(=O)N1CC2CC1c1cccc(-c3c(F)cc(C(N)=O)c4[nH]c(C)c(Cl)c34)c12. The van der Waals surface area contributed by atoms with E-state index >= 15 is 4.39 Å². The largest absolute Gasteiger partial charge is 0.366 e. The lowest BCUT2D eigenvalue weighted by molar-refractivity contribution is -0.129. The first-order chi connectivity index (χ1) is 13.8. The van der Waals surface area contributed by atoms with Crippen molar-refractivity contribution < 1.29 is 14.0 Å². The maximum absolute atomic E-state index is 15.4. The van der Waals surface area contributed by atoms with Crippen molar-refractivity contribution in [3.05, 3.63) is 57.5 Å². The predicted molar refractivity (Wildman–Crippen MR) is 109 cm³/mol. The summed E-state index contributed by atoms with van der Waals surface area (Å²) in [5.74, 6) is -1.05. The Balaban J connectivity index is 1.81. The highest BCUT2D eigenvalue weighted by atomic mass is 35.5. The fourth-order valence-corrected chi connectivity index (χ4v) is 5.36. The molecular weight excluding hydrogens is 393 g/mol. The van der Waals surface area contributed by atoms with Gasteiger partial charge in [-0.25, -0.2) is 4.39 Å². The predicted octanol–water partition coefficient (Wildman–Crippen LogP) is 4.43. The van der Waals surface area contributed by atoms with E-state index in [2.05, 4.69) is 4.98 Å². The van der Waals surface area contributed by atoms with Crippen LogP contribution in [0.4, 0.5) is 4.39 Å². The minimum atomic E-state index is -0.715. The van der Waals surface area contributed by atoms with E-state index in [1.165, 1.54) is 6.07 Å². The normalized spacial score (nSPS) is 19.8. The van der Waals surface area contributed by atoms with Crippen LogP contribution in [0.25, 0.3) is 22.0 Å². The molecule has 2 amide bonds. The van der Waals surface area contributed by atoms with Gasteiger partial charge in [0.05, 0.1) is 22.1 Å². The number of amides is 2. The van der Waals surface area contributed by atoms with Crippen molar-refractivity contribution in [1.29, 1.82) is 0 Å². The Morgan fingerprint density at radius 1 is 1.34 bits per heavy atom. The Kier molecular flexibility index (Phi) is 3.80. The van der Waals surface area contributed by atoms with Crippen LogP contribution in [0.2, 0.25) is 5.02 Å². The van der Waals surface area contributed by atoms with Crippen molar-refractivity contribution >= 4 is 34.3 Å². The lowest BCUT2D eigenvalue weighted by atomic mass is 9.87. The number of hydrogen-bond donors (Lipinski definition) is 2. The first-order valence-electron chi connectivity index (χ1n) is 9.50. The second kappa shape index (κ2) is 6.07. The fourth-order valence-electron chi connectivity index (χ4n) is 5.12. The second-order valence-corrected chi connectivity index (χ2v) is 8.27. The third kappa shape index (κ3) is 2.38. The molecule has 0 saturated carbocycles. The monoisotopic (exact) mass is 411 g/mol. The Hall–Kier alpha value is -2.86. The molecule has 0 radical (unpaired) electrons. The Labute approximate surface area is 171 Å². The molecule has 148 valence electrons. The average molecular weight is 412 g/mol. The molecular formula is C22H19ClFN3O2. The summed E-state index contributed by atoms with van der Waals surface area (Å²) >= 11 is 6.54. The van der Waals surface area contributed by atoms with Crippen LogP contribution in [0.5, 0.6) is 0 Å². The number of aromatic nitrogens is 1. The van der Waals surface area contributed by atoms with E-state index in [1.54, 1.807) is 13.8 Å². The minimum Gasteiger partial charge on any atom is -0.366 e. The first-order valence-corrected chi connectivity index (χ1v) is 9.87. The zero-order valence-corrected chi connectivity index (χ0v) is 16.7. The standard InChI is InChI=1S/C22H19ClFN3O2/c1-9-20(23)19-18(15(24)7-14(22(25)29)21(19)26-9)13-5-3-4-12-16-6-11(17(12)13)8-27(16)10(2)28/h3-5,7,11,16,26H,6,8H2,1-2H3,(H2,25,29). The van der Waals surface area contributed by atoms with Gasteiger partial charge in [0.2, 0.25) is 5.91 Å². The highest BCUT2D eigenvalue weighted by Gasteiger charge is 2.45. The lowest BCUT2D eigenvalue weighted by Crippen LogP contribution is -2.31. The molecule has 0 spiro atoms. The summed E-state index contributed by atoms with van der Waals surface area (Å²) in [5.41, 5.74) is 9.90. The second-order valence-electron chi connectivity index (χ2n) is 7.89. The number of carbonyl (C=O) groups excluding carboxylic acids is 2. The van der Waals surface area contributed by atoms with Gasteiger partial charge in [-0.3, -0.25) is 9.59 Å². The molecule has 2 aliphatic rings. The van der Waals surface area contributed by atoms with E-state index in [1.807, 2.05) is 23.1 Å². The molecule has 5 nitrogen and oxygen atoms in total. The molecule has 2 heterocycles. The molecule has 3 N–H and O–H groups in total. The van der Waals surface area contributed by atoms with Crippen LogP contribution in [0.1, 0.15) is 52.5 Å². The number of primary amides is 1. The fraction of sp³-hybridized carbons (Fsp3) is 0.273. The zero-order valence-electron chi connectivity index (χ0n) is 16.0. The van der Waals surface area contributed by atoms with Gasteiger partial charge in [-0.2, -0.15) is 0 Å². The third-order valence-electron chi connectivity index (χ3n) is 6.29. The van der Waals surface area contributed by atoms with Gasteiger partial charge >= 0.3 is 0 Å². The van der Waals surface area contributed by atoms with Crippen LogP contribution < -0.4 is 5.73 Å². The highest BCUT2D eigenvalue weighted by molar-refractivity contribution is 6.38. The summed E-state index contributed by atoms with van der Waals surface area (Å²) < 4.78 is 15.4. The van der Waals surface area contributed by atoms with Crippen LogP contribution in [0.15, 0.2) is 24.3 Å². The number of hydrogen-bond acceptors (Lipinski definition) is 2. The molecule has 1 aliphatic carbocycles. The third-order valence-corrected chi connectivity index (χ3v) is 6.76. The van der Waals surface area contributed by atoms with Crippen molar-refractivity contribution in [2.45, 2.75) is 32.2 Å². The van der Waals surface area contributed by atoms with Gasteiger partial charge < -0.3 is 15.6 Å². The number of aromatic amines is 1. The molecule has 3 aromatic rings. The number of fused-ring (bicyclic) bond motifs is 6. The molecule has 1 fully saturated rings. The molecule has 1 aliphatic heterocycles. The Morgan fingerprint density at radius 2 is 2.10 bits per heavy atom. The number of rotatable bonds is 2. The van der Waals surface area contributed by atoms with Crippen LogP contribution in [-0.4, -0.2) is 28.2 Å². The number of H-pyrrole nitrogens is 1. The number of benzene rings is 2. The van der Waals surface area contributed by atoms with Gasteiger partial charge in [0.1, 0.15) is 5.82 Å². The number of halogens is 2. The van der Waals surface area contributed by atoms with Gasteiger partial charge in [0.15, 0.2) is 0 Å². The van der Waals surface area contributed by atoms with E-state index in [-0.39, 0.29) is 23.4 Å². The summed E-state index contributed by atoms with van der Waals surface area (Å²) in [6.45, 7) is 3.99. The maximum Gasteiger partial charge on any atom is 0.250 e. The zero-order chi connectivity index (χ0) is 20.6. The van der Waals surface area contributed by atoms with E-state index in [4.69, 9.17) is 17.3 Å². The minimum absolute atomic E-state index is 0.0272. The van der Waals surface area contributed by atoms with E-state index < -0.39 is 11.7 Å². The first kappa shape index (κ1) is 18.2. The molecule has 2 bridgehead atoms. The number of aryl methyl sites for hydroxylation is 1. The Bertz CT molecular complexity index is 1230. The molecule has 7 heteroatoms. The average Bonchev–Trinajstić information content (AvgIpc) is 3.34. The van der Waals surface area contributed by atoms with Gasteiger partial charge in [0.25, 0.3) is 5.91 Å². The summed E-state index contributed by atoms with van der Waals surface area (Å²) in [6, 6.07) is 6.99. The maximum atomic E-state index is 15.4. The molecule has 1 aromatic heterocycles. The summed E-state index contributed by atoms with van der Waals surface area (Å²) in [5, 5.41) is 0.848. The van der Waals surface area contributed by atoms with Gasteiger partial charge in [-0.05, 0) is 36.1 Å². The van der Waals surface area contributed by atoms with Crippen molar-refractivity contribution in [3.63, 3.8) is 0 Å². The van der Waals surface area contributed by atoms with E-state index in [0.29, 0.717) is 33.7 Å². The molecule has 5 rings (SSSR count). The van der Waals surface area contributed by atoms with E-state index in [9.17, 15) is 9.59 Å². The smallest absolute Gasteiger partial charge is 0.250 e. The van der Waals surface area contributed by atoms with Crippen molar-refractivity contribution in [2.24, 2.45) is 5.73 Å². The van der Waals surface area contributed by atoms with Crippen molar-refractivity contribution in [1.82, 2.24) is 9.88 Å². The number of nitrogens with zero attached hydrogens (tertiary/aromatic N) is 1. The highest BCUT2D eigenvalue weighted by Crippen LogP contribution is 2.54. The molecule has 1 saturated heterocycles. The quantitative estimate of drug-likeness (QED) is 0.654. The number of likely N-dealkylation sites (tertiary alicyclic amines) is 1. The summed E-state index contributed by atoms with van der Waals surface area (Å²) in [7, 11) is 0. The molecule has 2 atom stereocenters. The van der Waals surface area contributed by atoms with Gasteiger partial charge in [-0.15, -0.1) is 0 Å². The number of carbonyl (C=O) groups is 2. The van der Waals surface area contributed by atoms with Gasteiger partial charge in [-0.1, -0.05) is 29.8 Å². The summed E-state index contributed by atoms with van der Waals surface area (Å²) in [4.78, 5) is 28.8. The van der Waals surface area contributed by atoms with Crippen LogP contribution in [0.3, 0.4) is 0 Å². The van der Waals surface area contributed by atoms with Gasteiger partial charge in [0, 0.05) is 36.0 Å². The molecule has 2 aromatic carbocycles. The van der Waals surface area contributed by atoms with Crippen LogP contribution in [-0.2, 0) is 4.79 Å². The van der Waals surface area contributed by atoms with E-state index in [0.717, 1.165) is 23.1 Å². The molecule has 2 unspecified atom stereocenters. The van der Waals surface area contributed by atoms with Crippen molar-refractivity contribution in [2.75, 3.05) is 6.54 Å². The summed E-state index contributed by atoms with van der Waals surface area (Å²) in [6.07, 6.45) is 0.843. The van der Waals surface area contributed by atoms with Crippen LogP contribution >= 0.6 is 11.6 Å². The Morgan fingerprint density at radius 3 is 2.79 bits per heavy atom. The van der Waals surface area contributed by atoms with Crippen LogP contribution in [0, 0.1) is 12.7 Å². The number of nitrogens with one attached hydrogen (secondary N) is 1. The number of nitrogens with two attached hydrogens (primary N) is 1. The topological polar surface area (TPSA) is 79.2 Å². The molecule has 29 heavy (non-hydrogen) atoms. The lowest BCUT2D eigenvalue weighted by Gasteiger charge is -2.29.